The Morgan fingerprint density at radius 2 is 1.97 bits per heavy atom. The Balaban J connectivity index is 1.63. The topological polar surface area (TPSA) is 103 Å². The van der Waals surface area contributed by atoms with Crippen LogP contribution in [0.4, 0.5) is 13.2 Å². The van der Waals surface area contributed by atoms with Crippen molar-refractivity contribution >= 4 is 11.7 Å². The van der Waals surface area contributed by atoms with E-state index in [1.54, 1.807) is 6.92 Å². The fourth-order valence-electron chi connectivity index (χ4n) is 2.78. The molecular formula is C20H21F3N4O4. The van der Waals surface area contributed by atoms with Gasteiger partial charge in [-0.3, -0.25) is 9.59 Å². The maximum Gasteiger partial charge on any atom is 0.422 e. The summed E-state index contributed by atoms with van der Waals surface area (Å²) < 4.78 is 46.6. The zero-order valence-corrected chi connectivity index (χ0v) is 17.0. The lowest BCUT2D eigenvalue weighted by molar-refractivity contribution is -0.154. The van der Waals surface area contributed by atoms with Gasteiger partial charge in [-0.15, -0.1) is 0 Å². The number of carbonyl (C=O) groups is 2. The van der Waals surface area contributed by atoms with Crippen LogP contribution in [0.2, 0.25) is 0 Å². The minimum atomic E-state index is -4.50. The molecule has 1 aliphatic rings. The first kappa shape index (κ1) is 22.4. The van der Waals surface area contributed by atoms with Gasteiger partial charge in [0.25, 0.3) is 11.8 Å². The highest BCUT2D eigenvalue weighted by atomic mass is 19.4. The Hall–Kier alpha value is -3.24. The first-order valence-corrected chi connectivity index (χ1v) is 9.52. The lowest BCUT2D eigenvalue weighted by Gasteiger charge is -2.13. The van der Waals surface area contributed by atoms with Crippen LogP contribution in [-0.2, 0) is 17.8 Å². The molecule has 2 heterocycles. The molecule has 0 aliphatic heterocycles. The molecule has 0 radical (unpaired) electrons. The van der Waals surface area contributed by atoms with Crippen LogP contribution in [0.5, 0.6) is 11.6 Å². The molecule has 11 heteroatoms. The van der Waals surface area contributed by atoms with E-state index in [9.17, 15) is 22.8 Å². The summed E-state index contributed by atoms with van der Waals surface area (Å²) in [6.07, 6.45) is -1.37. The molecule has 0 saturated heterocycles. The first-order chi connectivity index (χ1) is 14.6. The van der Waals surface area contributed by atoms with E-state index in [4.69, 9.17) is 4.74 Å². The normalized spacial score (nSPS) is 13.6. The van der Waals surface area contributed by atoms with Crippen molar-refractivity contribution < 1.29 is 32.2 Å². The number of pyridine rings is 1. The predicted octanol–water partition coefficient (Wildman–Crippen LogP) is 2.58. The van der Waals surface area contributed by atoms with Crippen LogP contribution in [0, 0.1) is 12.8 Å². The summed E-state index contributed by atoms with van der Waals surface area (Å²) in [6.45, 7) is 0.240. The van der Waals surface area contributed by atoms with Gasteiger partial charge in [-0.1, -0.05) is 0 Å². The smallest absolute Gasteiger partial charge is 0.422 e. The third-order valence-corrected chi connectivity index (χ3v) is 4.42. The molecule has 0 aromatic carbocycles. The van der Waals surface area contributed by atoms with Crippen molar-refractivity contribution in [2.45, 2.75) is 38.9 Å². The number of hydrogen-bond acceptors (Lipinski definition) is 7. The SMILES string of the molecule is COc1cc(CNC(=O)c2cc(C)nc(CC(=O)C3CC3)n2)cnc1OCC(F)(F)F. The van der Waals surface area contributed by atoms with E-state index in [-0.39, 0.29) is 42.0 Å². The van der Waals surface area contributed by atoms with Crippen molar-refractivity contribution in [2.75, 3.05) is 13.7 Å². The molecule has 8 nitrogen and oxygen atoms in total. The molecule has 2 aromatic heterocycles. The van der Waals surface area contributed by atoms with Gasteiger partial charge in [0, 0.05) is 24.4 Å². The van der Waals surface area contributed by atoms with E-state index in [2.05, 4.69) is 25.0 Å². The lowest BCUT2D eigenvalue weighted by Crippen LogP contribution is -2.25. The number of aromatic nitrogens is 3. The van der Waals surface area contributed by atoms with Gasteiger partial charge >= 0.3 is 6.18 Å². The Labute approximate surface area is 176 Å². The van der Waals surface area contributed by atoms with Crippen molar-refractivity contribution in [1.29, 1.82) is 0 Å². The third kappa shape index (κ3) is 6.63. The molecule has 31 heavy (non-hydrogen) atoms. The molecule has 1 amide bonds. The predicted molar refractivity (Wildman–Crippen MR) is 102 cm³/mol. The third-order valence-electron chi connectivity index (χ3n) is 4.42. The van der Waals surface area contributed by atoms with Crippen LogP contribution in [0.25, 0.3) is 0 Å². The molecule has 3 rings (SSSR count). The van der Waals surface area contributed by atoms with Crippen molar-refractivity contribution in [3.63, 3.8) is 0 Å². The van der Waals surface area contributed by atoms with Gasteiger partial charge in [-0.2, -0.15) is 13.2 Å². The van der Waals surface area contributed by atoms with Gasteiger partial charge in [0.05, 0.1) is 13.5 Å². The average molecular weight is 438 g/mol. The van der Waals surface area contributed by atoms with Crippen molar-refractivity contribution in [1.82, 2.24) is 20.3 Å². The molecule has 0 atom stereocenters. The number of halogens is 3. The summed E-state index contributed by atoms with van der Waals surface area (Å²) in [5, 5.41) is 2.65. The highest BCUT2D eigenvalue weighted by molar-refractivity contribution is 5.92. The minimum absolute atomic E-state index is 0.00903. The molecule has 166 valence electrons. The molecular weight excluding hydrogens is 417 g/mol. The molecule has 1 aliphatic carbocycles. The number of carbonyl (C=O) groups excluding carboxylic acids is 2. The van der Waals surface area contributed by atoms with Crippen LogP contribution in [0.1, 0.15) is 40.4 Å². The van der Waals surface area contributed by atoms with Crippen LogP contribution < -0.4 is 14.8 Å². The molecule has 0 bridgehead atoms. The first-order valence-electron chi connectivity index (χ1n) is 9.52. The number of rotatable bonds is 9. The summed E-state index contributed by atoms with van der Waals surface area (Å²) in [4.78, 5) is 36.7. The highest BCUT2D eigenvalue weighted by Crippen LogP contribution is 2.30. The number of alkyl halides is 3. The van der Waals surface area contributed by atoms with E-state index >= 15 is 0 Å². The van der Waals surface area contributed by atoms with E-state index < -0.39 is 18.7 Å². The summed E-state index contributed by atoms with van der Waals surface area (Å²) in [7, 11) is 1.27. The van der Waals surface area contributed by atoms with Crippen molar-refractivity contribution in [3.05, 3.63) is 41.1 Å². The maximum atomic E-state index is 12.5. The van der Waals surface area contributed by atoms with E-state index in [0.717, 1.165) is 12.8 Å². The Kier molecular flexibility index (Phi) is 6.71. The minimum Gasteiger partial charge on any atom is -0.491 e. The number of hydrogen-bond donors (Lipinski definition) is 1. The van der Waals surface area contributed by atoms with Crippen molar-refractivity contribution in [3.8, 4) is 11.6 Å². The summed E-state index contributed by atoms with van der Waals surface area (Å²) in [5.74, 6) is -0.325. The summed E-state index contributed by atoms with van der Waals surface area (Å²) in [5.41, 5.74) is 1.17. The Morgan fingerprint density at radius 1 is 1.23 bits per heavy atom. The fourth-order valence-corrected chi connectivity index (χ4v) is 2.78. The Bertz CT molecular complexity index is 977. The zero-order chi connectivity index (χ0) is 22.6. The van der Waals surface area contributed by atoms with Crippen LogP contribution in [0.3, 0.4) is 0 Å². The number of Topliss-reactive ketones (excluding diaryl/α,β-unsaturated/α-hetero) is 1. The highest BCUT2D eigenvalue weighted by Gasteiger charge is 2.30. The standard InChI is InChI=1S/C20H21F3N4O4/c1-11-5-14(27-17(26-11)7-15(28)13-3-4-13)18(29)24-8-12-6-16(30-2)19(25-9-12)31-10-20(21,22)23/h5-6,9,13H,3-4,7-8,10H2,1-2H3,(H,24,29). The van der Waals surface area contributed by atoms with Gasteiger partial charge < -0.3 is 14.8 Å². The summed E-state index contributed by atoms with van der Waals surface area (Å²) >= 11 is 0. The number of methoxy groups -OCH3 is 1. The lowest BCUT2D eigenvalue weighted by atomic mass is 10.2. The van der Waals surface area contributed by atoms with Crippen LogP contribution in [-0.4, -0.2) is 46.5 Å². The van der Waals surface area contributed by atoms with Gasteiger partial charge in [0.1, 0.15) is 17.3 Å². The van der Waals surface area contributed by atoms with Gasteiger partial charge in [-0.05, 0) is 37.5 Å². The monoisotopic (exact) mass is 438 g/mol. The molecule has 1 saturated carbocycles. The summed E-state index contributed by atoms with van der Waals surface area (Å²) in [6, 6.07) is 2.93. The molecule has 1 N–H and O–H groups in total. The quantitative estimate of drug-likeness (QED) is 0.642. The second-order valence-electron chi connectivity index (χ2n) is 7.17. The fraction of sp³-hybridized carbons (Fsp3) is 0.450. The number of ketones is 1. The number of ether oxygens (including phenoxy) is 2. The molecule has 2 aromatic rings. The van der Waals surface area contributed by atoms with Crippen molar-refractivity contribution in [2.24, 2.45) is 5.92 Å². The van der Waals surface area contributed by atoms with Gasteiger partial charge in [-0.25, -0.2) is 15.0 Å². The van der Waals surface area contributed by atoms with Crippen LogP contribution >= 0.6 is 0 Å². The second-order valence-corrected chi connectivity index (χ2v) is 7.17. The second kappa shape index (κ2) is 9.27. The largest absolute Gasteiger partial charge is 0.491 e. The average Bonchev–Trinajstić information content (AvgIpc) is 3.55. The van der Waals surface area contributed by atoms with Gasteiger partial charge in [0.2, 0.25) is 0 Å². The maximum absolute atomic E-state index is 12.5. The zero-order valence-electron chi connectivity index (χ0n) is 17.0. The molecule has 0 spiro atoms. The number of amides is 1. The Morgan fingerprint density at radius 3 is 2.61 bits per heavy atom. The molecule has 0 unspecified atom stereocenters. The number of aryl methyl sites for hydroxylation is 1. The van der Waals surface area contributed by atoms with E-state index in [1.165, 1.54) is 25.4 Å². The molecule has 1 fully saturated rings. The van der Waals surface area contributed by atoms with Gasteiger partial charge in [0.15, 0.2) is 12.4 Å². The number of nitrogens with zero attached hydrogens (tertiary/aromatic N) is 3. The van der Waals surface area contributed by atoms with E-state index in [1.807, 2.05) is 0 Å². The van der Waals surface area contributed by atoms with Crippen LogP contribution in [0.15, 0.2) is 18.3 Å². The number of nitrogens with one attached hydrogen (secondary N) is 1. The van der Waals surface area contributed by atoms with E-state index in [0.29, 0.717) is 17.1 Å².